The van der Waals surface area contributed by atoms with E-state index in [1.54, 1.807) is 0 Å². The lowest BCUT2D eigenvalue weighted by atomic mass is 10.2. The Morgan fingerprint density at radius 1 is 1.56 bits per heavy atom. The number of nitrogens with zero attached hydrogens (tertiary/aromatic N) is 1. The average molecular weight is 234 g/mol. The number of hydroxylamine groups is 1. The number of rotatable bonds is 4. The average Bonchev–Trinajstić information content (AvgIpc) is 2.28. The van der Waals surface area contributed by atoms with Crippen LogP contribution in [0, 0.1) is 0 Å². The quantitative estimate of drug-likeness (QED) is 0.506. The van der Waals surface area contributed by atoms with Crippen LogP contribution >= 0.6 is 0 Å². The van der Waals surface area contributed by atoms with Gasteiger partial charge in [0.2, 0.25) is 0 Å². The molecule has 8 heteroatoms. The van der Waals surface area contributed by atoms with Crippen molar-refractivity contribution >= 4 is 12.0 Å². The van der Waals surface area contributed by atoms with Gasteiger partial charge in [-0.1, -0.05) is 0 Å². The standard InChI is InChI=1S/C8H14N2O6/c11-3-6-4-15-2-1-10(6)8(14)9-16-5-7(12)13/h6,11H,1-5H2,(H,9,14)(H,12,13). The maximum absolute atomic E-state index is 11.5. The predicted octanol–water partition coefficient (Wildman–Crippen LogP) is -1.59. The third kappa shape index (κ3) is 3.65. The summed E-state index contributed by atoms with van der Waals surface area (Å²) in [6.45, 7) is 0.130. The van der Waals surface area contributed by atoms with E-state index in [1.807, 2.05) is 5.48 Å². The van der Waals surface area contributed by atoms with Crippen molar-refractivity contribution < 1.29 is 29.4 Å². The Morgan fingerprint density at radius 3 is 2.94 bits per heavy atom. The summed E-state index contributed by atoms with van der Waals surface area (Å²) < 4.78 is 5.08. The highest BCUT2D eigenvalue weighted by molar-refractivity contribution is 5.74. The second-order valence-corrected chi connectivity index (χ2v) is 3.19. The van der Waals surface area contributed by atoms with E-state index in [-0.39, 0.29) is 13.2 Å². The van der Waals surface area contributed by atoms with Gasteiger partial charge in [0.15, 0.2) is 6.61 Å². The molecule has 0 aromatic rings. The van der Waals surface area contributed by atoms with Crippen molar-refractivity contribution in [3.63, 3.8) is 0 Å². The van der Waals surface area contributed by atoms with Crippen LogP contribution in [0.15, 0.2) is 0 Å². The Hall–Kier alpha value is -1.38. The molecule has 0 aromatic heterocycles. The molecule has 0 bridgehead atoms. The van der Waals surface area contributed by atoms with Crippen LogP contribution in [-0.4, -0.2) is 66.1 Å². The second kappa shape index (κ2) is 6.26. The molecular formula is C8H14N2O6. The number of amides is 2. The summed E-state index contributed by atoms with van der Waals surface area (Å²) in [5.41, 5.74) is 1.99. The molecule has 1 aliphatic heterocycles. The van der Waals surface area contributed by atoms with Crippen molar-refractivity contribution in [2.75, 3.05) is 33.0 Å². The van der Waals surface area contributed by atoms with Crippen LogP contribution in [0.4, 0.5) is 4.79 Å². The number of carbonyl (C=O) groups is 2. The van der Waals surface area contributed by atoms with Crippen LogP contribution in [0.1, 0.15) is 0 Å². The molecule has 8 nitrogen and oxygen atoms in total. The Kier molecular flexibility index (Phi) is 4.96. The first-order valence-electron chi connectivity index (χ1n) is 4.74. The number of carboxylic acids is 1. The largest absolute Gasteiger partial charge is 0.479 e. The number of morpholine rings is 1. The van der Waals surface area contributed by atoms with Crippen LogP contribution in [0.25, 0.3) is 0 Å². The van der Waals surface area contributed by atoms with Gasteiger partial charge in [0, 0.05) is 6.54 Å². The van der Waals surface area contributed by atoms with E-state index >= 15 is 0 Å². The molecule has 0 saturated carbocycles. The molecule has 2 amide bonds. The Morgan fingerprint density at radius 2 is 2.31 bits per heavy atom. The fraction of sp³-hybridized carbons (Fsp3) is 0.750. The summed E-state index contributed by atoms with van der Waals surface area (Å²) in [7, 11) is 0. The molecule has 0 aromatic carbocycles. The van der Waals surface area contributed by atoms with E-state index in [2.05, 4.69) is 4.84 Å². The van der Waals surface area contributed by atoms with Crippen LogP contribution < -0.4 is 5.48 Å². The van der Waals surface area contributed by atoms with Crippen molar-refractivity contribution in [2.45, 2.75) is 6.04 Å². The van der Waals surface area contributed by atoms with Crippen LogP contribution in [0.2, 0.25) is 0 Å². The molecule has 1 fully saturated rings. The first-order valence-corrected chi connectivity index (χ1v) is 4.74. The maximum Gasteiger partial charge on any atom is 0.341 e. The lowest BCUT2D eigenvalue weighted by molar-refractivity contribution is -0.144. The van der Waals surface area contributed by atoms with Gasteiger partial charge in [0.1, 0.15) is 0 Å². The Balaban J connectivity index is 2.35. The van der Waals surface area contributed by atoms with Crippen molar-refractivity contribution in [3.05, 3.63) is 0 Å². The summed E-state index contributed by atoms with van der Waals surface area (Å²) in [4.78, 5) is 27.4. The van der Waals surface area contributed by atoms with E-state index in [4.69, 9.17) is 14.9 Å². The minimum Gasteiger partial charge on any atom is -0.479 e. The first-order chi connectivity index (χ1) is 7.65. The van der Waals surface area contributed by atoms with E-state index in [0.29, 0.717) is 13.2 Å². The van der Waals surface area contributed by atoms with E-state index in [0.717, 1.165) is 0 Å². The summed E-state index contributed by atoms with van der Waals surface area (Å²) >= 11 is 0. The molecule has 1 aliphatic rings. The minimum absolute atomic E-state index is 0.216. The molecule has 0 radical (unpaired) electrons. The number of urea groups is 1. The molecular weight excluding hydrogens is 220 g/mol. The summed E-state index contributed by atoms with van der Waals surface area (Å²) in [6.07, 6.45) is 0. The summed E-state index contributed by atoms with van der Waals surface area (Å²) in [6, 6.07) is -1.01. The maximum atomic E-state index is 11.5. The molecule has 1 rings (SSSR count). The molecule has 1 saturated heterocycles. The Bertz CT molecular complexity index is 259. The van der Waals surface area contributed by atoms with E-state index in [9.17, 15) is 9.59 Å². The van der Waals surface area contributed by atoms with Gasteiger partial charge in [-0.25, -0.2) is 15.1 Å². The fourth-order valence-electron chi connectivity index (χ4n) is 1.29. The smallest absolute Gasteiger partial charge is 0.341 e. The van der Waals surface area contributed by atoms with Crippen molar-refractivity contribution in [1.82, 2.24) is 10.4 Å². The number of nitrogens with one attached hydrogen (secondary N) is 1. The number of ether oxygens (including phenoxy) is 1. The zero-order valence-electron chi connectivity index (χ0n) is 8.59. The Labute approximate surface area is 91.7 Å². The molecule has 1 heterocycles. The zero-order chi connectivity index (χ0) is 12.0. The summed E-state index contributed by atoms with van der Waals surface area (Å²) in [5.74, 6) is -1.18. The SMILES string of the molecule is O=C(O)CONC(=O)N1CCOCC1CO. The van der Waals surface area contributed by atoms with Gasteiger partial charge in [-0.2, -0.15) is 0 Å². The van der Waals surface area contributed by atoms with Gasteiger partial charge in [-0.05, 0) is 0 Å². The summed E-state index contributed by atoms with van der Waals surface area (Å²) in [5, 5.41) is 17.3. The topological polar surface area (TPSA) is 108 Å². The molecule has 0 aliphatic carbocycles. The van der Waals surface area contributed by atoms with Crippen molar-refractivity contribution in [2.24, 2.45) is 0 Å². The van der Waals surface area contributed by atoms with E-state index in [1.165, 1.54) is 4.90 Å². The third-order valence-corrected chi connectivity index (χ3v) is 2.05. The number of carboxylic acid groups (broad SMARTS) is 1. The predicted molar refractivity (Wildman–Crippen MR) is 50.5 cm³/mol. The minimum atomic E-state index is -1.18. The van der Waals surface area contributed by atoms with E-state index < -0.39 is 24.6 Å². The second-order valence-electron chi connectivity index (χ2n) is 3.19. The number of aliphatic hydroxyl groups is 1. The van der Waals surface area contributed by atoms with Crippen molar-refractivity contribution in [1.29, 1.82) is 0 Å². The van der Waals surface area contributed by atoms with Gasteiger partial charge >= 0.3 is 12.0 Å². The molecule has 0 spiro atoms. The number of carbonyl (C=O) groups excluding carboxylic acids is 1. The number of hydrogen-bond donors (Lipinski definition) is 3. The monoisotopic (exact) mass is 234 g/mol. The number of aliphatic hydroxyl groups excluding tert-OH is 1. The van der Waals surface area contributed by atoms with Crippen LogP contribution in [0.3, 0.4) is 0 Å². The normalized spacial score (nSPS) is 20.6. The number of hydrogen-bond acceptors (Lipinski definition) is 5. The van der Waals surface area contributed by atoms with Gasteiger partial charge < -0.3 is 19.8 Å². The van der Waals surface area contributed by atoms with Gasteiger partial charge in [0.25, 0.3) is 0 Å². The highest BCUT2D eigenvalue weighted by Gasteiger charge is 2.26. The highest BCUT2D eigenvalue weighted by atomic mass is 16.7. The fourth-order valence-corrected chi connectivity index (χ4v) is 1.29. The van der Waals surface area contributed by atoms with Gasteiger partial charge in [-0.15, -0.1) is 0 Å². The molecule has 92 valence electrons. The molecule has 3 N–H and O–H groups in total. The molecule has 16 heavy (non-hydrogen) atoms. The van der Waals surface area contributed by atoms with Crippen LogP contribution in [0.5, 0.6) is 0 Å². The van der Waals surface area contributed by atoms with Crippen LogP contribution in [-0.2, 0) is 14.4 Å². The van der Waals surface area contributed by atoms with Gasteiger partial charge in [-0.3, -0.25) is 4.84 Å². The molecule has 1 unspecified atom stereocenters. The zero-order valence-corrected chi connectivity index (χ0v) is 8.59. The highest BCUT2D eigenvalue weighted by Crippen LogP contribution is 2.06. The first kappa shape index (κ1) is 12.7. The van der Waals surface area contributed by atoms with Gasteiger partial charge in [0.05, 0.1) is 25.9 Å². The third-order valence-electron chi connectivity index (χ3n) is 2.05. The van der Waals surface area contributed by atoms with Crippen molar-refractivity contribution in [3.8, 4) is 0 Å². The molecule has 1 atom stereocenters. The number of aliphatic carboxylic acids is 1. The lowest BCUT2D eigenvalue weighted by Gasteiger charge is -2.33. The lowest BCUT2D eigenvalue weighted by Crippen LogP contribution is -2.54.